The van der Waals surface area contributed by atoms with Crippen LogP contribution in [0, 0.1) is 0 Å². The van der Waals surface area contributed by atoms with E-state index in [4.69, 9.17) is 0 Å². The van der Waals surface area contributed by atoms with E-state index >= 15 is 0 Å². The van der Waals surface area contributed by atoms with Crippen LogP contribution in [0.2, 0.25) is 0 Å². The van der Waals surface area contributed by atoms with Crippen LogP contribution in [0.5, 0.6) is 0 Å². The summed E-state index contributed by atoms with van der Waals surface area (Å²) in [7, 11) is 0. The third kappa shape index (κ3) is 5.11. The number of benzene rings is 1. The van der Waals surface area contributed by atoms with E-state index in [-0.39, 0.29) is 46.8 Å². The highest BCUT2D eigenvalue weighted by molar-refractivity contribution is 5.85. The molecule has 0 radical (unpaired) electrons. The van der Waals surface area contributed by atoms with Crippen molar-refractivity contribution in [2.45, 2.75) is 0 Å². The topological polar surface area (TPSA) is 127 Å². The molecule has 0 aliphatic rings. The van der Waals surface area contributed by atoms with Gasteiger partial charge < -0.3 is 21.4 Å². The standard InChI is InChI=1S/C9H7NO.2ClH.3H2O/c11-9-6-5-7-3-1-2-4-8(7)10-9;;;;;/h1-6H,(H,10,11);2*1H;3*1H2. The van der Waals surface area contributed by atoms with Crippen molar-refractivity contribution in [2.24, 2.45) is 0 Å². The number of para-hydroxylation sites is 1. The first-order valence-electron chi connectivity index (χ1n) is 3.44. The molecule has 0 fully saturated rings. The third-order valence-electron chi connectivity index (χ3n) is 1.63. The molecule has 1 aromatic carbocycles. The monoisotopic (exact) mass is 271 g/mol. The lowest BCUT2D eigenvalue weighted by Gasteiger charge is -1.93. The van der Waals surface area contributed by atoms with E-state index in [0.29, 0.717) is 0 Å². The van der Waals surface area contributed by atoms with Crippen LogP contribution in [0.3, 0.4) is 0 Å². The average molecular weight is 272 g/mol. The fourth-order valence-electron chi connectivity index (χ4n) is 1.10. The number of rotatable bonds is 0. The van der Waals surface area contributed by atoms with E-state index in [9.17, 15) is 4.79 Å². The van der Waals surface area contributed by atoms with Crippen molar-refractivity contribution in [2.75, 3.05) is 0 Å². The lowest BCUT2D eigenvalue weighted by Crippen LogP contribution is -2.01. The highest BCUT2D eigenvalue weighted by atomic mass is 35.5. The van der Waals surface area contributed by atoms with Crippen molar-refractivity contribution in [3.63, 3.8) is 0 Å². The van der Waals surface area contributed by atoms with Crippen LogP contribution in [0.25, 0.3) is 10.9 Å². The Morgan fingerprint density at radius 1 is 0.812 bits per heavy atom. The number of pyridine rings is 1. The van der Waals surface area contributed by atoms with E-state index in [0.717, 1.165) is 10.9 Å². The predicted molar refractivity (Wildman–Crippen MR) is 69.9 cm³/mol. The first kappa shape index (κ1) is 24.2. The molecule has 2 aromatic rings. The average Bonchev–Trinajstić information content (AvgIpc) is 2.04. The van der Waals surface area contributed by atoms with E-state index in [1.54, 1.807) is 0 Å². The lowest BCUT2D eigenvalue weighted by molar-refractivity contribution is 0.823. The van der Waals surface area contributed by atoms with E-state index in [2.05, 4.69) is 4.98 Å². The summed E-state index contributed by atoms with van der Waals surface area (Å²) in [4.78, 5) is 13.6. The molecule has 0 saturated carbocycles. The molecule has 0 unspecified atom stereocenters. The molecule has 1 heterocycles. The number of nitrogens with one attached hydrogen (secondary N) is 1. The Morgan fingerprint density at radius 2 is 1.38 bits per heavy atom. The SMILES string of the molecule is Cl.Cl.O.O.O.O=c1ccc2ccccc2[nH]1. The van der Waals surface area contributed by atoms with Crippen LogP contribution >= 0.6 is 24.8 Å². The number of halogens is 2. The maximum absolute atomic E-state index is 10.8. The van der Waals surface area contributed by atoms with Crippen LogP contribution in [0.4, 0.5) is 0 Å². The highest BCUT2D eigenvalue weighted by Crippen LogP contribution is 2.06. The number of hydrogen-bond donors (Lipinski definition) is 1. The second-order valence-electron chi connectivity index (χ2n) is 2.41. The van der Waals surface area contributed by atoms with Crippen LogP contribution in [0.15, 0.2) is 41.2 Å². The molecule has 7 N–H and O–H groups in total. The number of hydrogen-bond acceptors (Lipinski definition) is 1. The van der Waals surface area contributed by atoms with Gasteiger partial charge in [-0.1, -0.05) is 18.2 Å². The Kier molecular flexibility index (Phi) is 15.8. The third-order valence-corrected chi connectivity index (χ3v) is 1.63. The minimum Gasteiger partial charge on any atom is -0.412 e. The Morgan fingerprint density at radius 3 is 2.00 bits per heavy atom. The lowest BCUT2D eigenvalue weighted by atomic mass is 10.2. The summed E-state index contributed by atoms with van der Waals surface area (Å²) in [5, 5.41) is 1.06. The minimum absolute atomic E-state index is 0. The van der Waals surface area contributed by atoms with Crippen molar-refractivity contribution >= 4 is 35.7 Å². The highest BCUT2D eigenvalue weighted by Gasteiger charge is 1.89. The molecule has 0 aliphatic heterocycles. The molecule has 2 rings (SSSR count). The molecular formula is C9H15Cl2NO4. The van der Waals surface area contributed by atoms with Crippen molar-refractivity contribution < 1.29 is 16.4 Å². The molecular weight excluding hydrogens is 257 g/mol. The van der Waals surface area contributed by atoms with Crippen molar-refractivity contribution in [1.29, 1.82) is 0 Å². The summed E-state index contributed by atoms with van der Waals surface area (Å²) in [5.41, 5.74) is 0.837. The summed E-state index contributed by atoms with van der Waals surface area (Å²) in [6.07, 6.45) is 0. The zero-order chi connectivity index (χ0) is 7.68. The van der Waals surface area contributed by atoms with Gasteiger partial charge in [-0.3, -0.25) is 4.79 Å². The zero-order valence-corrected chi connectivity index (χ0v) is 9.82. The quantitative estimate of drug-likeness (QED) is 0.705. The largest absolute Gasteiger partial charge is 0.412 e. The predicted octanol–water partition coefficient (Wildman–Crippen LogP) is -0.102. The molecule has 0 spiro atoms. The van der Waals surface area contributed by atoms with Crippen LogP contribution < -0.4 is 5.56 Å². The second-order valence-corrected chi connectivity index (χ2v) is 2.41. The summed E-state index contributed by atoms with van der Waals surface area (Å²) in [6, 6.07) is 11.0. The second kappa shape index (κ2) is 10.4. The number of H-pyrrole nitrogens is 1. The Hall–Kier alpha value is -1.11. The van der Waals surface area contributed by atoms with E-state index in [1.165, 1.54) is 6.07 Å². The first-order chi connectivity index (χ1) is 5.36. The van der Waals surface area contributed by atoms with Gasteiger partial charge in [-0.15, -0.1) is 24.8 Å². The normalized spacial score (nSPS) is 7.00. The fourth-order valence-corrected chi connectivity index (χ4v) is 1.10. The van der Waals surface area contributed by atoms with Crippen molar-refractivity contribution in [3.05, 3.63) is 46.8 Å². The summed E-state index contributed by atoms with van der Waals surface area (Å²) in [5.74, 6) is 0. The number of fused-ring (bicyclic) bond motifs is 1. The molecule has 16 heavy (non-hydrogen) atoms. The summed E-state index contributed by atoms with van der Waals surface area (Å²) in [6.45, 7) is 0. The number of aromatic nitrogens is 1. The Bertz CT molecular complexity index is 446. The van der Waals surface area contributed by atoms with Crippen LogP contribution in [0.1, 0.15) is 0 Å². The molecule has 1 aromatic heterocycles. The van der Waals surface area contributed by atoms with Gasteiger partial charge in [0, 0.05) is 11.6 Å². The summed E-state index contributed by atoms with van der Waals surface area (Å²) < 4.78 is 0. The van der Waals surface area contributed by atoms with Crippen LogP contribution in [-0.4, -0.2) is 21.4 Å². The molecule has 0 bridgehead atoms. The van der Waals surface area contributed by atoms with Crippen LogP contribution in [-0.2, 0) is 0 Å². The smallest absolute Gasteiger partial charge is 0.248 e. The molecule has 0 aliphatic carbocycles. The van der Waals surface area contributed by atoms with Gasteiger partial charge in [0.25, 0.3) is 0 Å². The maximum Gasteiger partial charge on any atom is 0.248 e. The first-order valence-corrected chi connectivity index (χ1v) is 3.44. The molecule has 0 amide bonds. The van der Waals surface area contributed by atoms with Gasteiger partial charge in [0.2, 0.25) is 5.56 Å². The minimum atomic E-state index is -0.0521. The van der Waals surface area contributed by atoms with Gasteiger partial charge in [-0.25, -0.2) is 0 Å². The van der Waals surface area contributed by atoms with Gasteiger partial charge in [0.15, 0.2) is 0 Å². The maximum atomic E-state index is 10.8. The molecule has 94 valence electrons. The van der Waals surface area contributed by atoms with Gasteiger partial charge in [-0.2, -0.15) is 0 Å². The fraction of sp³-hybridized carbons (Fsp3) is 0. The Balaban J connectivity index is -0.000000144. The van der Waals surface area contributed by atoms with Gasteiger partial charge in [0.1, 0.15) is 0 Å². The van der Waals surface area contributed by atoms with Crippen molar-refractivity contribution in [1.82, 2.24) is 4.98 Å². The Labute approximate surface area is 104 Å². The molecule has 5 nitrogen and oxygen atoms in total. The molecule has 7 heteroatoms. The van der Waals surface area contributed by atoms with E-state index in [1.807, 2.05) is 30.3 Å². The summed E-state index contributed by atoms with van der Waals surface area (Å²) >= 11 is 0. The molecule has 0 atom stereocenters. The zero-order valence-electron chi connectivity index (χ0n) is 8.19. The van der Waals surface area contributed by atoms with Gasteiger partial charge in [0.05, 0.1) is 0 Å². The van der Waals surface area contributed by atoms with Gasteiger partial charge in [-0.05, 0) is 17.5 Å². The number of aromatic amines is 1. The molecule has 0 saturated heterocycles. The van der Waals surface area contributed by atoms with Gasteiger partial charge >= 0.3 is 0 Å². The van der Waals surface area contributed by atoms with Crippen molar-refractivity contribution in [3.8, 4) is 0 Å². The van der Waals surface area contributed by atoms with E-state index < -0.39 is 0 Å².